The van der Waals surface area contributed by atoms with Gasteiger partial charge in [-0.25, -0.2) is 0 Å². The molecule has 2 aliphatic carbocycles. The number of halogens is 1. The average Bonchev–Trinajstić information content (AvgIpc) is 3.11. The Morgan fingerprint density at radius 1 is 1.27 bits per heavy atom. The van der Waals surface area contributed by atoms with Crippen LogP contribution in [-0.4, -0.2) is 16.6 Å². The lowest BCUT2D eigenvalue weighted by molar-refractivity contribution is -0.0650. The predicted molar refractivity (Wildman–Crippen MR) is 72.5 cm³/mol. The SMILES string of the molecule is CC(COC1(CI)CCCCC1)C1CC1. The molecule has 15 heavy (non-hydrogen) atoms. The molecular weight excluding hydrogens is 299 g/mol. The van der Waals surface area contributed by atoms with E-state index < -0.39 is 0 Å². The zero-order chi connectivity index (χ0) is 10.7. The largest absolute Gasteiger partial charge is 0.374 e. The summed E-state index contributed by atoms with van der Waals surface area (Å²) < 4.78 is 7.46. The lowest BCUT2D eigenvalue weighted by atomic mass is 9.86. The maximum Gasteiger partial charge on any atom is 0.0771 e. The summed E-state index contributed by atoms with van der Waals surface area (Å²) in [5.74, 6) is 1.78. The quantitative estimate of drug-likeness (QED) is 0.545. The molecule has 0 amide bonds. The summed E-state index contributed by atoms with van der Waals surface area (Å²) in [7, 11) is 0. The Morgan fingerprint density at radius 2 is 1.93 bits per heavy atom. The van der Waals surface area contributed by atoms with E-state index in [0.29, 0.717) is 0 Å². The molecule has 2 rings (SSSR count). The van der Waals surface area contributed by atoms with Gasteiger partial charge in [-0.05, 0) is 37.5 Å². The predicted octanol–water partition coefficient (Wildman–Crippen LogP) is 4.19. The Kier molecular flexibility index (Phi) is 4.33. The third-order valence-electron chi connectivity index (χ3n) is 4.09. The first-order chi connectivity index (χ1) is 7.26. The maximum absolute atomic E-state index is 6.28. The van der Waals surface area contributed by atoms with Crippen LogP contribution in [0.3, 0.4) is 0 Å². The average molecular weight is 322 g/mol. The van der Waals surface area contributed by atoms with Gasteiger partial charge in [0.25, 0.3) is 0 Å². The second-order valence-corrected chi connectivity index (χ2v) is 6.27. The molecule has 1 atom stereocenters. The van der Waals surface area contributed by atoms with Crippen molar-refractivity contribution in [3.8, 4) is 0 Å². The Labute approximate surface area is 107 Å². The molecule has 2 aliphatic rings. The summed E-state index contributed by atoms with van der Waals surface area (Å²) >= 11 is 2.51. The van der Waals surface area contributed by atoms with Crippen LogP contribution < -0.4 is 0 Å². The minimum absolute atomic E-state index is 0.252. The first-order valence-corrected chi connectivity index (χ1v) is 7.98. The Bertz CT molecular complexity index is 195. The molecule has 0 aromatic heterocycles. The van der Waals surface area contributed by atoms with Gasteiger partial charge >= 0.3 is 0 Å². The molecule has 2 heteroatoms. The first kappa shape index (κ1) is 12.2. The van der Waals surface area contributed by atoms with Gasteiger partial charge in [-0.1, -0.05) is 48.8 Å². The Hall–Kier alpha value is 0.690. The molecular formula is C13H23IO. The highest BCUT2D eigenvalue weighted by molar-refractivity contribution is 14.1. The van der Waals surface area contributed by atoms with Gasteiger partial charge < -0.3 is 4.74 Å². The van der Waals surface area contributed by atoms with Crippen LogP contribution in [0.2, 0.25) is 0 Å². The van der Waals surface area contributed by atoms with Crippen molar-refractivity contribution in [2.45, 2.75) is 57.5 Å². The number of hydrogen-bond donors (Lipinski definition) is 0. The number of ether oxygens (including phenoxy) is 1. The summed E-state index contributed by atoms with van der Waals surface area (Å²) in [4.78, 5) is 0. The molecule has 0 N–H and O–H groups in total. The highest BCUT2D eigenvalue weighted by Gasteiger charge is 2.34. The molecule has 88 valence electrons. The van der Waals surface area contributed by atoms with Crippen molar-refractivity contribution in [1.82, 2.24) is 0 Å². The standard InChI is InChI=1S/C13H23IO/c1-11(12-5-6-12)9-15-13(10-14)7-3-2-4-8-13/h11-12H,2-10H2,1H3. The van der Waals surface area contributed by atoms with Gasteiger partial charge in [-0.3, -0.25) is 0 Å². The van der Waals surface area contributed by atoms with Gasteiger partial charge in [0, 0.05) is 4.43 Å². The Morgan fingerprint density at radius 3 is 2.47 bits per heavy atom. The van der Waals surface area contributed by atoms with E-state index in [4.69, 9.17) is 4.74 Å². The van der Waals surface area contributed by atoms with Gasteiger partial charge in [-0.15, -0.1) is 0 Å². The molecule has 0 aliphatic heterocycles. The van der Waals surface area contributed by atoms with Crippen LogP contribution in [0.25, 0.3) is 0 Å². The van der Waals surface area contributed by atoms with E-state index in [1.54, 1.807) is 0 Å². The van der Waals surface area contributed by atoms with Crippen LogP contribution in [0, 0.1) is 11.8 Å². The lowest BCUT2D eigenvalue weighted by Gasteiger charge is -2.36. The van der Waals surface area contributed by atoms with Crippen molar-refractivity contribution in [3.63, 3.8) is 0 Å². The smallest absolute Gasteiger partial charge is 0.0771 e. The van der Waals surface area contributed by atoms with E-state index in [2.05, 4.69) is 29.5 Å². The van der Waals surface area contributed by atoms with Crippen molar-refractivity contribution in [2.75, 3.05) is 11.0 Å². The molecule has 0 saturated heterocycles. The first-order valence-electron chi connectivity index (χ1n) is 6.46. The van der Waals surface area contributed by atoms with Crippen LogP contribution in [0.4, 0.5) is 0 Å². The summed E-state index contributed by atoms with van der Waals surface area (Å²) in [5, 5.41) is 0. The molecule has 1 nitrogen and oxygen atoms in total. The van der Waals surface area contributed by atoms with Gasteiger partial charge in [-0.2, -0.15) is 0 Å². The third kappa shape index (κ3) is 3.32. The molecule has 0 spiro atoms. The van der Waals surface area contributed by atoms with Crippen LogP contribution in [0.1, 0.15) is 51.9 Å². The molecule has 1 unspecified atom stereocenters. The summed E-state index contributed by atoms with van der Waals surface area (Å²) in [5.41, 5.74) is 0.252. The summed E-state index contributed by atoms with van der Waals surface area (Å²) in [6.07, 6.45) is 9.66. The van der Waals surface area contributed by atoms with E-state index in [-0.39, 0.29) is 5.60 Å². The zero-order valence-electron chi connectivity index (χ0n) is 9.80. The van der Waals surface area contributed by atoms with Crippen molar-refractivity contribution in [1.29, 1.82) is 0 Å². The highest BCUT2D eigenvalue weighted by atomic mass is 127. The second-order valence-electron chi connectivity index (χ2n) is 5.50. The molecule has 0 heterocycles. The summed E-state index contributed by atoms with van der Waals surface area (Å²) in [6, 6.07) is 0. The van der Waals surface area contributed by atoms with Gasteiger partial charge in [0.05, 0.1) is 12.2 Å². The van der Waals surface area contributed by atoms with E-state index in [9.17, 15) is 0 Å². The van der Waals surface area contributed by atoms with Crippen molar-refractivity contribution in [2.24, 2.45) is 11.8 Å². The van der Waals surface area contributed by atoms with Crippen LogP contribution in [0.5, 0.6) is 0 Å². The van der Waals surface area contributed by atoms with Crippen molar-refractivity contribution < 1.29 is 4.74 Å². The van der Waals surface area contributed by atoms with Gasteiger partial charge in [0.2, 0.25) is 0 Å². The van der Waals surface area contributed by atoms with Gasteiger partial charge in [0.15, 0.2) is 0 Å². The van der Waals surface area contributed by atoms with Crippen molar-refractivity contribution >= 4 is 22.6 Å². The fraction of sp³-hybridized carbons (Fsp3) is 1.00. The number of hydrogen-bond acceptors (Lipinski definition) is 1. The summed E-state index contributed by atoms with van der Waals surface area (Å²) in [6.45, 7) is 3.37. The Balaban J connectivity index is 1.78. The van der Waals surface area contributed by atoms with Crippen molar-refractivity contribution in [3.05, 3.63) is 0 Å². The maximum atomic E-state index is 6.28. The van der Waals surface area contributed by atoms with Crippen LogP contribution in [0.15, 0.2) is 0 Å². The normalized spacial score (nSPS) is 27.6. The third-order valence-corrected chi connectivity index (χ3v) is 5.48. The van der Waals surface area contributed by atoms with E-state index in [0.717, 1.165) is 18.4 Å². The molecule has 0 bridgehead atoms. The monoisotopic (exact) mass is 322 g/mol. The molecule has 2 saturated carbocycles. The highest BCUT2D eigenvalue weighted by Crippen LogP contribution is 2.39. The molecule has 0 aromatic carbocycles. The topological polar surface area (TPSA) is 9.23 Å². The zero-order valence-corrected chi connectivity index (χ0v) is 12.0. The lowest BCUT2D eigenvalue weighted by Crippen LogP contribution is -2.38. The van der Waals surface area contributed by atoms with E-state index in [1.807, 2.05) is 0 Å². The van der Waals surface area contributed by atoms with E-state index >= 15 is 0 Å². The fourth-order valence-corrected chi connectivity index (χ4v) is 3.61. The fourth-order valence-electron chi connectivity index (χ4n) is 2.62. The minimum Gasteiger partial charge on any atom is -0.374 e. The number of alkyl halides is 1. The minimum atomic E-state index is 0.252. The van der Waals surface area contributed by atoms with Gasteiger partial charge in [0.1, 0.15) is 0 Å². The molecule has 0 radical (unpaired) electrons. The second kappa shape index (κ2) is 5.35. The van der Waals surface area contributed by atoms with Crippen LogP contribution >= 0.6 is 22.6 Å². The molecule has 0 aromatic rings. The number of rotatable bonds is 5. The van der Waals surface area contributed by atoms with E-state index in [1.165, 1.54) is 49.4 Å². The van der Waals surface area contributed by atoms with Crippen LogP contribution in [-0.2, 0) is 4.74 Å². The molecule has 2 fully saturated rings.